The molecule has 0 N–H and O–H groups in total. The van der Waals surface area contributed by atoms with Gasteiger partial charge < -0.3 is 43.1 Å². The smallest absolute Gasteiger partial charge is 0.320 e. The highest BCUT2D eigenvalue weighted by atomic mass is 19.1. The first-order valence-electron chi connectivity index (χ1n) is 27.4. The molecule has 0 aliphatic carbocycles. The minimum absolute atomic E-state index is 0.00639. The highest BCUT2D eigenvalue weighted by molar-refractivity contribution is 5.96. The number of carbonyl (C=O) groups is 5. The molecule has 0 atom stereocenters. The van der Waals surface area contributed by atoms with Gasteiger partial charge in [0.05, 0.1) is 65.9 Å². The van der Waals surface area contributed by atoms with Crippen LogP contribution >= 0.6 is 0 Å². The van der Waals surface area contributed by atoms with Gasteiger partial charge in [0.1, 0.15) is 28.2 Å². The molecular weight excluding hydrogens is 978 g/mol. The minimum atomic E-state index is -0.646. The Morgan fingerprint density at radius 3 is 1.37 bits per heavy atom. The molecule has 3 heterocycles. The molecule has 0 saturated carbocycles. The van der Waals surface area contributed by atoms with Crippen molar-refractivity contribution in [2.45, 2.75) is 110 Å². The summed E-state index contributed by atoms with van der Waals surface area (Å²) in [5, 5.41) is 0. The maximum Gasteiger partial charge on any atom is 0.320 e. The number of benzene rings is 2. The highest BCUT2D eigenvalue weighted by Gasteiger charge is 2.53. The molecule has 5 rings (SSSR count). The van der Waals surface area contributed by atoms with Gasteiger partial charge in [-0.1, -0.05) is 18.2 Å². The monoisotopic (exact) mass is 1070 g/mol. The summed E-state index contributed by atoms with van der Waals surface area (Å²) in [5.74, 6) is -1.20. The Bertz CT molecular complexity index is 2060. The molecule has 19 heteroatoms. The van der Waals surface area contributed by atoms with E-state index < -0.39 is 22.3 Å². The summed E-state index contributed by atoms with van der Waals surface area (Å²) < 4.78 is 48.3. The number of esters is 3. The molecule has 1 amide bonds. The average Bonchev–Trinajstić information content (AvgIpc) is 3.59. The zero-order chi connectivity index (χ0) is 55.4. The van der Waals surface area contributed by atoms with Gasteiger partial charge in [-0.2, -0.15) is 0 Å². The topological polar surface area (TPSA) is 163 Å². The van der Waals surface area contributed by atoms with E-state index >= 15 is 0 Å². The molecule has 3 aliphatic heterocycles. The normalized spacial score (nSPS) is 18.4. The molecule has 76 heavy (non-hydrogen) atoms. The molecule has 0 bridgehead atoms. The molecule has 2 aromatic rings. The number of para-hydroxylation sites is 1. The Morgan fingerprint density at radius 2 is 0.921 bits per heavy atom. The molecule has 3 fully saturated rings. The summed E-state index contributed by atoms with van der Waals surface area (Å²) in [6.45, 7) is 27.5. The number of amides is 1. The van der Waals surface area contributed by atoms with Crippen molar-refractivity contribution in [2.24, 2.45) is 0 Å². The van der Waals surface area contributed by atoms with Crippen LogP contribution in [0.1, 0.15) is 98.4 Å². The lowest BCUT2D eigenvalue weighted by atomic mass is 9.85. The van der Waals surface area contributed by atoms with Crippen LogP contribution < -0.4 is 4.90 Å². The Labute approximate surface area is 452 Å². The van der Waals surface area contributed by atoms with Crippen LogP contribution in [0.2, 0.25) is 0 Å². The van der Waals surface area contributed by atoms with Gasteiger partial charge in [0.2, 0.25) is 5.91 Å². The number of carbonyl (C=O) groups excluding carboxylic acids is 5. The largest absolute Gasteiger partial charge is 0.459 e. The van der Waals surface area contributed by atoms with Crippen LogP contribution in [0, 0.1) is 5.82 Å². The van der Waals surface area contributed by atoms with Crippen LogP contribution in [0.15, 0.2) is 54.6 Å². The summed E-state index contributed by atoms with van der Waals surface area (Å²) in [6.07, 6.45) is 2.44. The van der Waals surface area contributed by atoms with E-state index in [0.717, 1.165) is 25.3 Å². The average molecular weight is 1070 g/mol. The third-order valence-electron chi connectivity index (χ3n) is 13.4. The fraction of sp³-hybridized carbons (Fsp3) is 0.702. The second-order valence-corrected chi connectivity index (χ2v) is 23.1. The Hall–Kier alpha value is -4.60. The van der Waals surface area contributed by atoms with E-state index in [2.05, 4.69) is 36.6 Å². The van der Waals surface area contributed by atoms with Crippen LogP contribution in [0.25, 0.3) is 0 Å². The second-order valence-electron chi connectivity index (χ2n) is 23.1. The van der Waals surface area contributed by atoms with Crippen LogP contribution in [0.3, 0.4) is 0 Å². The van der Waals surface area contributed by atoms with Crippen LogP contribution in [0.4, 0.5) is 10.1 Å². The van der Waals surface area contributed by atoms with E-state index in [1.165, 1.54) is 24.3 Å². The molecule has 2 aromatic carbocycles. The van der Waals surface area contributed by atoms with Gasteiger partial charge in [-0.3, -0.25) is 43.6 Å². The van der Waals surface area contributed by atoms with Crippen molar-refractivity contribution in [2.75, 3.05) is 156 Å². The fourth-order valence-electron chi connectivity index (χ4n) is 9.62. The number of hydrogen-bond donors (Lipinski definition) is 0. The molecule has 0 aromatic heterocycles. The van der Waals surface area contributed by atoms with Crippen molar-refractivity contribution in [3.8, 4) is 0 Å². The zero-order valence-corrected chi connectivity index (χ0v) is 47.3. The third-order valence-corrected chi connectivity index (χ3v) is 13.4. The first kappa shape index (κ1) is 62.2. The number of rotatable bonds is 24. The maximum absolute atomic E-state index is 14.2. The van der Waals surface area contributed by atoms with Crippen molar-refractivity contribution < 1.29 is 56.8 Å². The summed E-state index contributed by atoms with van der Waals surface area (Å²) in [7, 11) is 0. The summed E-state index contributed by atoms with van der Waals surface area (Å²) in [5.41, 5.74) is -0.991. The molecule has 0 radical (unpaired) electrons. The molecule has 3 saturated heterocycles. The first-order chi connectivity index (χ1) is 36.0. The Morgan fingerprint density at radius 1 is 0.513 bits per heavy atom. The zero-order valence-electron chi connectivity index (χ0n) is 47.3. The van der Waals surface area contributed by atoms with Crippen molar-refractivity contribution >= 4 is 35.3 Å². The number of anilines is 1. The van der Waals surface area contributed by atoms with Gasteiger partial charge in [0.15, 0.2) is 5.78 Å². The molecule has 426 valence electrons. The van der Waals surface area contributed by atoms with E-state index in [9.17, 15) is 28.4 Å². The van der Waals surface area contributed by atoms with Crippen molar-refractivity contribution in [1.29, 1.82) is 0 Å². The lowest BCUT2D eigenvalue weighted by Gasteiger charge is -2.43. The molecular formula is C57H90FN7O11. The fourth-order valence-corrected chi connectivity index (χ4v) is 9.62. The number of likely N-dealkylation sites (tertiary alicyclic amines) is 1. The van der Waals surface area contributed by atoms with Gasteiger partial charge in [-0.15, -0.1) is 0 Å². The van der Waals surface area contributed by atoms with Crippen molar-refractivity contribution in [3.63, 3.8) is 0 Å². The van der Waals surface area contributed by atoms with E-state index in [1.807, 2.05) is 90.3 Å². The second kappa shape index (κ2) is 30.0. The Balaban J connectivity index is 1.05. The predicted molar refractivity (Wildman–Crippen MR) is 290 cm³/mol. The lowest BCUT2D eigenvalue weighted by molar-refractivity contribution is -0.158. The summed E-state index contributed by atoms with van der Waals surface area (Å²) in [6, 6.07) is 15.8. The predicted octanol–water partition coefficient (Wildman–Crippen LogP) is 5.23. The summed E-state index contributed by atoms with van der Waals surface area (Å²) in [4.78, 5) is 81.0. The van der Waals surface area contributed by atoms with Gasteiger partial charge >= 0.3 is 17.9 Å². The lowest BCUT2D eigenvalue weighted by Crippen LogP contribution is -2.56. The van der Waals surface area contributed by atoms with Gasteiger partial charge in [0, 0.05) is 96.2 Å². The van der Waals surface area contributed by atoms with Gasteiger partial charge in [0.25, 0.3) is 0 Å². The maximum atomic E-state index is 14.2. The van der Waals surface area contributed by atoms with E-state index in [-0.39, 0.29) is 55.0 Å². The number of Topliss-reactive ketones (excluding diaryl/α,β-unsaturated/α-hetero) is 1. The van der Waals surface area contributed by atoms with Crippen LogP contribution in [-0.2, 0) is 47.6 Å². The molecule has 3 aliphatic rings. The molecule has 18 nitrogen and oxygen atoms in total. The number of ketones is 1. The molecule has 1 spiro atoms. The van der Waals surface area contributed by atoms with Crippen molar-refractivity contribution in [1.82, 2.24) is 29.4 Å². The number of ether oxygens (including phenoxy) is 6. The number of nitrogens with zero attached hydrogens (tertiary/aromatic N) is 7. The summed E-state index contributed by atoms with van der Waals surface area (Å²) >= 11 is 0. The molecule has 0 unspecified atom stereocenters. The quantitative estimate of drug-likeness (QED) is 0.0581. The SMILES string of the molecule is CC(C)(C)OC(=O)CN1CCN(CCOCCOCCOCCN2CN(c3ccccc3)C3(CCN(CCCC(=O)c4ccc(F)cc4)CC3)C2=O)CCN(CC(=O)OC(C)(C)C)CCN(CC(=O)OC(C)(C)C)CC1. The van der Waals surface area contributed by atoms with Gasteiger partial charge in [-0.05, 0) is 125 Å². The van der Waals surface area contributed by atoms with Crippen LogP contribution in [0.5, 0.6) is 0 Å². The number of hydrogen-bond acceptors (Lipinski definition) is 17. The standard InChI is InChI=1S/C57H90FN7O11/c1-54(2,3)74-50(67)42-61-28-26-60(27-29-62(43-51(68)75-55(4,5)6)31-33-63(32-30-61)44-52(69)76-56(7,8)9)34-36-71-38-40-73-41-39-72-37-35-64-45-65(48-14-11-10-12-15-48)57(53(64)70)21-24-59(25-22-57)23-13-16-49(66)46-17-19-47(58)20-18-46/h10-12,14-15,17-20H,13,16,21-45H2,1-9H3. The highest BCUT2D eigenvalue weighted by Crippen LogP contribution is 2.39. The van der Waals surface area contributed by atoms with Crippen molar-refractivity contribution in [3.05, 3.63) is 66.0 Å². The van der Waals surface area contributed by atoms with E-state index in [0.29, 0.717) is 143 Å². The minimum Gasteiger partial charge on any atom is -0.459 e. The first-order valence-corrected chi connectivity index (χ1v) is 27.4. The van der Waals surface area contributed by atoms with Crippen LogP contribution in [-0.4, -0.2) is 232 Å². The number of piperidine rings is 1. The van der Waals surface area contributed by atoms with E-state index in [4.69, 9.17) is 28.4 Å². The van der Waals surface area contributed by atoms with E-state index in [1.54, 1.807) is 0 Å². The number of halogens is 1. The Kier molecular flexibility index (Phi) is 24.5. The third kappa shape index (κ3) is 22.4. The van der Waals surface area contributed by atoms with Gasteiger partial charge in [-0.25, -0.2) is 4.39 Å².